The SMILES string of the molecule is C[C@H](N[C@H]1CCC[C@@H]1C(=O)O)c1ccccc1.Cl. The predicted octanol–water partition coefficient (Wildman–Crippen LogP) is 3.01. The van der Waals surface area contributed by atoms with Crippen molar-refractivity contribution in [3.63, 3.8) is 0 Å². The highest BCUT2D eigenvalue weighted by Crippen LogP contribution is 2.28. The summed E-state index contributed by atoms with van der Waals surface area (Å²) in [4.78, 5) is 11.1. The molecule has 0 spiro atoms. The standard InChI is InChI=1S/C14H19NO2.ClH/c1-10(11-6-3-2-4-7-11)15-13-9-5-8-12(13)14(16)17;/h2-4,6-7,10,12-13,15H,5,8-9H2,1H3,(H,16,17);1H/t10-,12-,13-;/m0./s1. The zero-order valence-corrected chi connectivity index (χ0v) is 11.3. The maximum atomic E-state index is 11.1. The fraction of sp³-hybridized carbons (Fsp3) is 0.500. The van der Waals surface area contributed by atoms with E-state index in [0.29, 0.717) is 0 Å². The van der Waals surface area contributed by atoms with Crippen LogP contribution in [0.4, 0.5) is 0 Å². The van der Waals surface area contributed by atoms with Crippen LogP contribution in [0.25, 0.3) is 0 Å². The first-order valence-corrected chi connectivity index (χ1v) is 6.22. The molecule has 100 valence electrons. The lowest BCUT2D eigenvalue weighted by Crippen LogP contribution is -2.37. The van der Waals surface area contributed by atoms with Crippen molar-refractivity contribution in [3.8, 4) is 0 Å². The van der Waals surface area contributed by atoms with E-state index in [9.17, 15) is 4.79 Å². The van der Waals surface area contributed by atoms with Crippen LogP contribution in [0.2, 0.25) is 0 Å². The number of aliphatic carboxylic acids is 1. The normalized spacial score (nSPS) is 24.3. The van der Waals surface area contributed by atoms with Crippen molar-refractivity contribution >= 4 is 18.4 Å². The highest BCUT2D eigenvalue weighted by molar-refractivity contribution is 5.85. The lowest BCUT2D eigenvalue weighted by molar-refractivity contribution is -0.142. The van der Waals surface area contributed by atoms with Gasteiger partial charge in [0.05, 0.1) is 5.92 Å². The smallest absolute Gasteiger partial charge is 0.308 e. The number of carboxylic acids is 1. The number of halogens is 1. The summed E-state index contributed by atoms with van der Waals surface area (Å²) in [6, 6.07) is 10.5. The molecule has 0 bridgehead atoms. The van der Waals surface area contributed by atoms with Crippen LogP contribution in [0.5, 0.6) is 0 Å². The summed E-state index contributed by atoms with van der Waals surface area (Å²) in [6.07, 6.45) is 2.78. The molecule has 0 aromatic heterocycles. The molecule has 1 saturated carbocycles. The van der Waals surface area contributed by atoms with Crippen LogP contribution in [0.15, 0.2) is 30.3 Å². The van der Waals surface area contributed by atoms with Gasteiger partial charge in [-0.2, -0.15) is 0 Å². The van der Waals surface area contributed by atoms with Gasteiger partial charge in [0.25, 0.3) is 0 Å². The summed E-state index contributed by atoms with van der Waals surface area (Å²) in [5, 5.41) is 12.6. The molecule has 0 amide bonds. The molecule has 1 aliphatic carbocycles. The van der Waals surface area contributed by atoms with Gasteiger partial charge in [-0.05, 0) is 25.3 Å². The Hall–Kier alpha value is -1.06. The Morgan fingerprint density at radius 1 is 1.33 bits per heavy atom. The summed E-state index contributed by atoms with van der Waals surface area (Å²) in [5.74, 6) is -0.888. The zero-order chi connectivity index (χ0) is 12.3. The molecule has 4 heteroatoms. The van der Waals surface area contributed by atoms with Gasteiger partial charge in [-0.1, -0.05) is 36.8 Å². The average Bonchev–Trinajstić information content (AvgIpc) is 2.78. The predicted molar refractivity (Wildman–Crippen MR) is 74.0 cm³/mol. The number of nitrogens with one attached hydrogen (secondary N) is 1. The van der Waals surface area contributed by atoms with E-state index in [1.165, 1.54) is 5.56 Å². The van der Waals surface area contributed by atoms with E-state index in [1.807, 2.05) is 18.2 Å². The summed E-state index contributed by atoms with van der Waals surface area (Å²) < 4.78 is 0. The van der Waals surface area contributed by atoms with Gasteiger partial charge in [-0.25, -0.2) is 0 Å². The maximum absolute atomic E-state index is 11.1. The number of hydrogen-bond donors (Lipinski definition) is 2. The van der Waals surface area contributed by atoms with Crippen LogP contribution in [-0.4, -0.2) is 17.1 Å². The molecule has 0 saturated heterocycles. The molecule has 0 aliphatic heterocycles. The Labute approximate surface area is 114 Å². The van der Waals surface area contributed by atoms with Crippen LogP contribution in [0.1, 0.15) is 37.8 Å². The van der Waals surface area contributed by atoms with Crippen molar-refractivity contribution in [2.75, 3.05) is 0 Å². The molecule has 1 fully saturated rings. The number of carbonyl (C=O) groups is 1. The summed E-state index contributed by atoms with van der Waals surface area (Å²) in [6.45, 7) is 2.09. The summed E-state index contributed by atoms with van der Waals surface area (Å²) >= 11 is 0. The van der Waals surface area contributed by atoms with Gasteiger partial charge in [0, 0.05) is 12.1 Å². The van der Waals surface area contributed by atoms with Gasteiger partial charge in [0.1, 0.15) is 0 Å². The quantitative estimate of drug-likeness (QED) is 0.883. The van der Waals surface area contributed by atoms with Gasteiger partial charge in [0.2, 0.25) is 0 Å². The third-order valence-corrected chi connectivity index (χ3v) is 3.60. The van der Waals surface area contributed by atoms with Crippen molar-refractivity contribution in [1.29, 1.82) is 0 Å². The second-order valence-corrected chi connectivity index (χ2v) is 4.78. The van der Waals surface area contributed by atoms with Crippen molar-refractivity contribution < 1.29 is 9.90 Å². The first-order valence-electron chi connectivity index (χ1n) is 6.22. The monoisotopic (exact) mass is 269 g/mol. The fourth-order valence-electron chi connectivity index (χ4n) is 2.61. The number of carboxylic acid groups (broad SMARTS) is 1. The molecule has 2 N–H and O–H groups in total. The topological polar surface area (TPSA) is 49.3 Å². The van der Waals surface area contributed by atoms with E-state index in [4.69, 9.17) is 5.11 Å². The third kappa shape index (κ3) is 3.47. The maximum Gasteiger partial charge on any atom is 0.308 e. The first-order chi connectivity index (χ1) is 8.18. The molecule has 3 atom stereocenters. The van der Waals surface area contributed by atoms with E-state index < -0.39 is 5.97 Å². The molecule has 1 aromatic rings. The molecular weight excluding hydrogens is 250 g/mol. The Morgan fingerprint density at radius 3 is 2.61 bits per heavy atom. The Morgan fingerprint density at radius 2 is 2.00 bits per heavy atom. The van der Waals surface area contributed by atoms with E-state index in [1.54, 1.807) is 0 Å². The number of hydrogen-bond acceptors (Lipinski definition) is 2. The second-order valence-electron chi connectivity index (χ2n) is 4.78. The number of rotatable bonds is 4. The van der Waals surface area contributed by atoms with Gasteiger partial charge in [-0.3, -0.25) is 4.79 Å². The third-order valence-electron chi connectivity index (χ3n) is 3.60. The molecular formula is C14H20ClNO2. The van der Waals surface area contributed by atoms with Gasteiger partial charge < -0.3 is 10.4 Å². The Bertz CT molecular complexity index is 383. The molecule has 0 heterocycles. The van der Waals surface area contributed by atoms with E-state index in [2.05, 4.69) is 24.4 Å². The van der Waals surface area contributed by atoms with Crippen LogP contribution in [0, 0.1) is 5.92 Å². The van der Waals surface area contributed by atoms with E-state index in [-0.39, 0.29) is 30.4 Å². The Balaban J connectivity index is 0.00000162. The van der Waals surface area contributed by atoms with Crippen molar-refractivity contribution in [2.24, 2.45) is 5.92 Å². The fourth-order valence-corrected chi connectivity index (χ4v) is 2.61. The highest BCUT2D eigenvalue weighted by atomic mass is 35.5. The molecule has 1 aromatic carbocycles. The zero-order valence-electron chi connectivity index (χ0n) is 10.5. The molecule has 2 rings (SSSR count). The number of benzene rings is 1. The Kier molecular flexibility index (Phi) is 5.63. The van der Waals surface area contributed by atoms with Crippen LogP contribution in [-0.2, 0) is 4.79 Å². The van der Waals surface area contributed by atoms with Crippen molar-refractivity contribution in [2.45, 2.75) is 38.3 Å². The average molecular weight is 270 g/mol. The molecule has 0 unspecified atom stereocenters. The van der Waals surface area contributed by atoms with Crippen molar-refractivity contribution in [1.82, 2.24) is 5.32 Å². The van der Waals surface area contributed by atoms with Gasteiger partial charge in [-0.15, -0.1) is 12.4 Å². The van der Waals surface area contributed by atoms with E-state index in [0.717, 1.165) is 19.3 Å². The second kappa shape index (κ2) is 6.76. The lowest BCUT2D eigenvalue weighted by Gasteiger charge is -2.23. The molecule has 1 aliphatic rings. The largest absolute Gasteiger partial charge is 0.481 e. The minimum atomic E-state index is -0.666. The van der Waals surface area contributed by atoms with Crippen LogP contribution >= 0.6 is 12.4 Å². The van der Waals surface area contributed by atoms with Crippen LogP contribution < -0.4 is 5.32 Å². The summed E-state index contributed by atoms with van der Waals surface area (Å²) in [5.41, 5.74) is 1.21. The molecule has 18 heavy (non-hydrogen) atoms. The van der Waals surface area contributed by atoms with Gasteiger partial charge >= 0.3 is 5.97 Å². The lowest BCUT2D eigenvalue weighted by atomic mass is 10.0. The minimum absolute atomic E-state index is 0. The minimum Gasteiger partial charge on any atom is -0.481 e. The van der Waals surface area contributed by atoms with Crippen molar-refractivity contribution in [3.05, 3.63) is 35.9 Å². The summed E-state index contributed by atoms with van der Waals surface area (Å²) in [7, 11) is 0. The molecule has 3 nitrogen and oxygen atoms in total. The first kappa shape index (κ1) is 15.0. The van der Waals surface area contributed by atoms with Crippen LogP contribution in [0.3, 0.4) is 0 Å². The highest BCUT2D eigenvalue weighted by Gasteiger charge is 2.33. The molecule has 0 radical (unpaired) electrons. The van der Waals surface area contributed by atoms with E-state index >= 15 is 0 Å². The van der Waals surface area contributed by atoms with Gasteiger partial charge in [0.15, 0.2) is 0 Å².